The third-order valence-corrected chi connectivity index (χ3v) is 9.40. The first-order chi connectivity index (χ1) is 27.1. The van der Waals surface area contributed by atoms with E-state index >= 15 is 0 Å². The van der Waals surface area contributed by atoms with Crippen molar-refractivity contribution in [1.29, 1.82) is 0 Å². The van der Waals surface area contributed by atoms with Crippen LogP contribution in [-0.4, -0.2) is 43.6 Å². The Morgan fingerprint density at radius 2 is 1.05 bits per heavy atom. The van der Waals surface area contributed by atoms with Gasteiger partial charge in [0, 0.05) is 31.8 Å². The molecule has 0 aromatic heterocycles. The molecule has 8 nitrogen and oxygen atoms in total. The lowest BCUT2D eigenvalue weighted by molar-refractivity contribution is -0.384. The second kappa shape index (κ2) is 39.0. The minimum Gasteiger partial charge on any atom is -0.434 e. The number of unbranched alkanes of at least 4 members (excludes halogenated alkanes) is 18. The van der Waals surface area contributed by atoms with E-state index in [4.69, 9.17) is 18.9 Å². The maximum atomic E-state index is 12.2. The Morgan fingerprint density at radius 3 is 1.55 bits per heavy atom. The number of allylic oxidation sites excluding steroid dienone is 8. The Morgan fingerprint density at radius 1 is 0.600 bits per heavy atom. The fraction of sp³-hybridized carbons (Fsp3) is 0.681. The minimum absolute atomic E-state index is 0.0732. The number of nitrogens with zero attached hydrogens (tertiary/aromatic N) is 1. The molecule has 0 amide bonds. The number of hydrogen-bond donors (Lipinski definition) is 0. The topological polar surface area (TPSA) is 97.1 Å². The largest absolute Gasteiger partial charge is 0.513 e. The number of rotatable bonds is 38. The summed E-state index contributed by atoms with van der Waals surface area (Å²) in [6.07, 6.45) is 46.9. The average Bonchev–Trinajstić information content (AvgIpc) is 3.18. The summed E-state index contributed by atoms with van der Waals surface area (Å²) in [5.74, 6) is 0.192. The SMILES string of the molecule is CCCCCC=CCC=CCCCCCCCCOC[C@H](CCOC(=O)Oc1ccc([N+](=O)[O-])cc1)OCCCCCCCCC=CCC=CCCCCC. The van der Waals surface area contributed by atoms with Gasteiger partial charge in [-0.05, 0) is 89.2 Å². The molecule has 55 heavy (non-hydrogen) atoms. The van der Waals surface area contributed by atoms with Crippen LogP contribution >= 0.6 is 0 Å². The lowest BCUT2D eigenvalue weighted by atomic mass is 10.1. The maximum absolute atomic E-state index is 12.2. The van der Waals surface area contributed by atoms with Crippen molar-refractivity contribution in [1.82, 2.24) is 0 Å². The Balaban J connectivity index is 2.23. The van der Waals surface area contributed by atoms with Crippen LogP contribution < -0.4 is 4.74 Å². The van der Waals surface area contributed by atoms with E-state index in [1.807, 2.05) is 0 Å². The number of non-ortho nitro benzene ring substituents is 1. The first-order valence-corrected chi connectivity index (χ1v) is 21.9. The number of carbonyl (C=O) groups is 1. The summed E-state index contributed by atoms with van der Waals surface area (Å²) < 4.78 is 22.6. The van der Waals surface area contributed by atoms with Crippen molar-refractivity contribution >= 4 is 11.8 Å². The van der Waals surface area contributed by atoms with Gasteiger partial charge in [0.2, 0.25) is 0 Å². The molecule has 1 aromatic rings. The molecule has 0 aliphatic rings. The van der Waals surface area contributed by atoms with E-state index in [0.29, 0.717) is 26.2 Å². The fourth-order valence-electron chi connectivity index (χ4n) is 6.00. The Hall–Kier alpha value is -3.23. The third kappa shape index (κ3) is 33.8. The van der Waals surface area contributed by atoms with E-state index in [1.54, 1.807) is 0 Å². The number of nitro benzene ring substituents is 1. The van der Waals surface area contributed by atoms with E-state index in [2.05, 4.69) is 62.5 Å². The van der Waals surface area contributed by atoms with Crippen LogP contribution in [0.15, 0.2) is 72.9 Å². The van der Waals surface area contributed by atoms with E-state index in [9.17, 15) is 14.9 Å². The van der Waals surface area contributed by atoms with Crippen LogP contribution in [0.2, 0.25) is 0 Å². The van der Waals surface area contributed by atoms with Gasteiger partial charge in [-0.25, -0.2) is 4.79 Å². The number of ether oxygens (including phenoxy) is 4. The molecule has 0 spiro atoms. The molecular formula is C47H77NO7. The van der Waals surface area contributed by atoms with E-state index in [-0.39, 0.29) is 24.1 Å². The van der Waals surface area contributed by atoms with Crippen LogP contribution in [0.4, 0.5) is 10.5 Å². The zero-order valence-corrected chi connectivity index (χ0v) is 34.8. The first-order valence-electron chi connectivity index (χ1n) is 21.9. The Kier molecular flexibility index (Phi) is 35.3. The highest BCUT2D eigenvalue weighted by Crippen LogP contribution is 2.18. The van der Waals surface area contributed by atoms with Crippen molar-refractivity contribution in [3.63, 3.8) is 0 Å². The molecule has 0 saturated heterocycles. The monoisotopic (exact) mass is 768 g/mol. The molecule has 8 heteroatoms. The molecule has 0 radical (unpaired) electrons. The molecule has 0 fully saturated rings. The summed E-state index contributed by atoms with van der Waals surface area (Å²) in [7, 11) is 0. The summed E-state index contributed by atoms with van der Waals surface area (Å²) >= 11 is 0. The molecule has 0 aliphatic carbocycles. The van der Waals surface area contributed by atoms with Gasteiger partial charge in [-0.1, -0.05) is 140 Å². The van der Waals surface area contributed by atoms with Crippen molar-refractivity contribution in [2.75, 3.05) is 26.4 Å². The van der Waals surface area contributed by atoms with Gasteiger partial charge in [-0.2, -0.15) is 0 Å². The zero-order valence-electron chi connectivity index (χ0n) is 34.8. The minimum atomic E-state index is -0.847. The van der Waals surface area contributed by atoms with Gasteiger partial charge < -0.3 is 18.9 Å². The molecular weight excluding hydrogens is 691 g/mol. The van der Waals surface area contributed by atoms with Crippen molar-refractivity contribution in [3.05, 3.63) is 83.0 Å². The van der Waals surface area contributed by atoms with Crippen molar-refractivity contribution in [2.24, 2.45) is 0 Å². The van der Waals surface area contributed by atoms with E-state index in [0.717, 1.165) is 44.9 Å². The molecule has 0 N–H and O–H groups in total. The Labute approximate surface area is 335 Å². The van der Waals surface area contributed by atoms with Gasteiger partial charge in [-0.15, -0.1) is 0 Å². The zero-order chi connectivity index (χ0) is 39.7. The second-order valence-corrected chi connectivity index (χ2v) is 14.5. The van der Waals surface area contributed by atoms with Gasteiger partial charge in [0.25, 0.3) is 5.69 Å². The quantitative estimate of drug-likeness (QED) is 0.0165. The smallest absolute Gasteiger partial charge is 0.434 e. The van der Waals surface area contributed by atoms with Crippen LogP contribution in [0.25, 0.3) is 0 Å². The average molecular weight is 768 g/mol. The van der Waals surface area contributed by atoms with Gasteiger partial charge in [-0.3, -0.25) is 10.1 Å². The Bertz CT molecular complexity index is 1140. The molecule has 1 aromatic carbocycles. The number of carbonyl (C=O) groups excluding carboxylic acids is 1. The number of nitro groups is 1. The van der Waals surface area contributed by atoms with Crippen LogP contribution in [-0.2, 0) is 14.2 Å². The van der Waals surface area contributed by atoms with E-state index in [1.165, 1.54) is 133 Å². The molecule has 0 heterocycles. The molecule has 312 valence electrons. The van der Waals surface area contributed by atoms with Crippen molar-refractivity contribution in [3.8, 4) is 5.75 Å². The molecule has 1 rings (SSSR count). The predicted molar refractivity (Wildman–Crippen MR) is 229 cm³/mol. The van der Waals surface area contributed by atoms with Crippen molar-refractivity contribution < 1.29 is 28.7 Å². The molecule has 0 saturated carbocycles. The first kappa shape index (κ1) is 49.8. The van der Waals surface area contributed by atoms with Crippen LogP contribution in [0.5, 0.6) is 5.75 Å². The number of hydrogen-bond acceptors (Lipinski definition) is 7. The normalized spacial score (nSPS) is 12.5. The van der Waals surface area contributed by atoms with Gasteiger partial charge in [0.05, 0.1) is 24.2 Å². The molecule has 0 aliphatic heterocycles. The van der Waals surface area contributed by atoms with Gasteiger partial charge in [0.1, 0.15) is 5.75 Å². The lowest BCUT2D eigenvalue weighted by Crippen LogP contribution is -2.24. The summed E-state index contributed by atoms with van der Waals surface area (Å²) in [6, 6.07) is 5.32. The lowest BCUT2D eigenvalue weighted by Gasteiger charge is -2.18. The summed E-state index contributed by atoms with van der Waals surface area (Å²) in [6.45, 7) is 6.43. The summed E-state index contributed by atoms with van der Waals surface area (Å²) in [5.41, 5.74) is -0.0732. The number of benzene rings is 1. The predicted octanol–water partition coefficient (Wildman–Crippen LogP) is 14.5. The van der Waals surface area contributed by atoms with Crippen LogP contribution in [0.3, 0.4) is 0 Å². The maximum Gasteiger partial charge on any atom is 0.513 e. The van der Waals surface area contributed by atoms with Crippen LogP contribution in [0, 0.1) is 10.1 Å². The highest BCUT2D eigenvalue weighted by Gasteiger charge is 2.14. The molecule has 1 atom stereocenters. The second-order valence-electron chi connectivity index (χ2n) is 14.5. The third-order valence-electron chi connectivity index (χ3n) is 9.40. The molecule has 0 bridgehead atoms. The standard InChI is InChI=1S/C47H77NO7/c1-3-5-7-9-11-13-15-17-19-21-23-25-27-29-31-33-40-52-43-46(39-42-54-47(49)55-45-37-35-44(36-38-45)48(50)51)53-41-34-32-30-28-26-24-22-20-18-16-14-12-10-8-6-4-2/h11-14,17-20,35-38,46H,3-10,15-16,21-34,39-43H2,1-2H3/t46-/m0/s1. The van der Waals surface area contributed by atoms with Crippen LogP contribution in [0.1, 0.15) is 174 Å². The van der Waals surface area contributed by atoms with Gasteiger partial charge in [0.15, 0.2) is 0 Å². The molecule has 0 unspecified atom stereocenters. The van der Waals surface area contributed by atoms with E-state index < -0.39 is 11.1 Å². The van der Waals surface area contributed by atoms with Gasteiger partial charge >= 0.3 is 6.16 Å². The van der Waals surface area contributed by atoms with Crippen molar-refractivity contribution in [2.45, 2.75) is 180 Å². The summed E-state index contributed by atoms with van der Waals surface area (Å²) in [5, 5.41) is 10.9. The fourth-order valence-corrected chi connectivity index (χ4v) is 6.00. The highest BCUT2D eigenvalue weighted by atomic mass is 16.7. The summed E-state index contributed by atoms with van der Waals surface area (Å²) in [4.78, 5) is 22.6. The highest BCUT2D eigenvalue weighted by molar-refractivity contribution is 5.63.